The SMILES string of the molecule is C.C=C(C)Cc1noc2c1C=CCC2C. The molecule has 1 aromatic heterocycles. The summed E-state index contributed by atoms with van der Waals surface area (Å²) in [4.78, 5) is 0. The van der Waals surface area contributed by atoms with E-state index < -0.39 is 0 Å². The molecule has 15 heavy (non-hydrogen) atoms. The highest BCUT2D eigenvalue weighted by molar-refractivity contribution is 5.57. The Labute approximate surface area is 91.7 Å². The smallest absolute Gasteiger partial charge is 0.147 e. The van der Waals surface area contributed by atoms with Crippen LogP contribution in [0.4, 0.5) is 0 Å². The highest BCUT2D eigenvalue weighted by Gasteiger charge is 2.21. The van der Waals surface area contributed by atoms with E-state index in [1.165, 1.54) is 5.56 Å². The quantitative estimate of drug-likeness (QED) is 0.683. The molecule has 0 spiro atoms. The lowest BCUT2D eigenvalue weighted by Gasteiger charge is -2.10. The molecular formula is C13H19NO. The molecule has 1 aliphatic rings. The number of hydrogen-bond donors (Lipinski definition) is 0. The van der Waals surface area contributed by atoms with Crippen molar-refractivity contribution in [2.24, 2.45) is 0 Å². The van der Waals surface area contributed by atoms with E-state index in [9.17, 15) is 0 Å². The van der Waals surface area contributed by atoms with Crippen molar-refractivity contribution < 1.29 is 4.52 Å². The zero-order chi connectivity index (χ0) is 10.1. The third-order valence-electron chi connectivity index (χ3n) is 2.52. The fraction of sp³-hybridized carbons (Fsp3) is 0.462. The van der Waals surface area contributed by atoms with Crippen LogP contribution in [0.1, 0.15) is 50.6 Å². The van der Waals surface area contributed by atoms with Crippen molar-refractivity contribution in [3.05, 3.63) is 35.2 Å². The Hall–Kier alpha value is -1.31. The van der Waals surface area contributed by atoms with Crippen LogP contribution in [0.2, 0.25) is 0 Å². The molecule has 0 fully saturated rings. The predicted octanol–water partition coefficient (Wildman–Crippen LogP) is 3.95. The molecule has 2 rings (SSSR count). The van der Waals surface area contributed by atoms with Crippen molar-refractivity contribution >= 4 is 6.08 Å². The third kappa shape index (κ3) is 2.20. The van der Waals surface area contributed by atoms with Crippen LogP contribution in [0.15, 0.2) is 22.8 Å². The van der Waals surface area contributed by atoms with Gasteiger partial charge >= 0.3 is 0 Å². The maximum atomic E-state index is 5.36. The number of allylic oxidation sites excluding steroid dienone is 2. The second-order valence-corrected chi connectivity index (χ2v) is 4.08. The van der Waals surface area contributed by atoms with Gasteiger partial charge < -0.3 is 4.52 Å². The highest BCUT2D eigenvalue weighted by Crippen LogP contribution is 2.31. The van der Waals surface area contributed by atoms with Crippen molar-refractivity contribution in [1.29, 1.82) is 0 Å². The minimum absolute atomic E-state index is 0. The van der Waals surface area contributed by atoms with E-state index in [0.717, 1.165) is 29.9 Å². The van der Waals surface area contributed by atoms with E-state index in [0.29, 0.717) is 5.92 Å². The lowest BCUT2D eigenvalue weighted by Crippen LogP contribution is -1.98. The van der Waals surface area contributed by atoms with Gasteiger partial charge in [-0.3, -0.25) is 0 Å². The Morgan fingerprint density at radius 1 is 1.67 bits per heavy atom. The van der Waals surface area contributed by atoms with Gasteiger partial charge in [-0.2, -0.15) is 0 Å². The monoisotopic (exact) mass is 205 g/mol. The van der Waals surface area contributed by atoms with E-state index >= 15 is 0 Å². The minimum Gasteiger partial charge on any atom is -0.360 e. The molecule has 0 radical (unpaired) electrons. The van der Waals surface area contributed by atoms with E-state index in [-0.39, 0.29) is 7.43 Å². The first-order valence-corrected chi connectivity index (χ1v) is 4.98. The number of hydrogen-bond acceptors (Lipinski definition) is 2. The van der Waals surface area contributed by atoms with Gasteiger partial charge in [0.15, 0.2) is 0 Å². The van der Waals surface area contributed by atoms with Crippen LogP contribution in [-0.4, -0.2) is 5.16 Å². The normalized spacial score (nSPS) is 18.1. The molecule has 82 valence electrons. The van der Waals surface area contributed by atoms with Crippen LogP contribution in [0.25, 0.3) is 6.08 Å². The van der Waals surface area contributed by atoms with Gasteiger partial charge in [-0.25, -0.2) is 0 Å². The Morgan fingerprint density at radius 2 is 2.40 bits per heavy atom. The van der Waals surface area contributed by atoms with Gasteiger partial charge in [0.2, 0.25) is 0 Å². The van der Waals surface area contributed by atoms with Crippen LogP contribution in [0.3, 0.4) is 0 Å². The van der Waals surface area contributed by atoms with Gasteiger partial charge in [-0.1, -0.05) is 43.8 Å². The summed E-state index contributed by atoms with van der Waals surface area (Å²) in [6.45, 7) is 8.07. The van der Waals surface area contributed by atoms with Gasteiger partial charge in [-0.05, 0) is 13.3 Å². The summed E-state index contributed by atoms with van der Waals surface area (Å²) in [6.07, 6.45) is 6.17. The summed E-state index contributed by atoms with van der Waals surface area (Å²) in [5, 5.41) is 4.10. The molecule has 1 aromatic rings. The molecule has 0 aromatic carbocycles. The van der Waals surface area contributed by atoms with E-state index in [2.05, 4.69) is 30.8 Å². The second-order valence-electron chi connectivity index (χ2n) is 4.08. The van der Waals surface area contributed by atoms with Crippen molar-refractivity contribution in [3.63, 3.8) is 0 Å². The largest absolute Gasteiger partial charge is 0.360 e. The molecule has 0 amide bonds. The first-order chi connectivity index (χ1) is 6.68. The topological polar surface area (TPSA) is 26.0 Å². The van der Waals surface area contributed by atoms with Crippen molar-refractivity contribution in [2.75, 3.05) is 0 Å². The van der Waals surface area contributed by atoms with Crippen LogP contribution >= 0.6 is 0 Å². The summed E-state index contributed by atoms with van der Waals surface area (Å²) in [5.74, 6) is 1.49. The number of nitrogens with zero attached hydrogens (tertiary/aromatic N) is 1. The van der Waals surface area contributed by atoms with Crippen LogP contribution in [0, 0.1) is 0 Å². The average Bonchev–Trinajstić information content (AvgIpc) is 2.49. The third-order valence-corrected chi connectivity index (χ3v) is 2.52. The molecule has 1 aliphatic carbocycles. The molecular weight excluding hydrogens is 186 g/mol. The van der Waals surface area contributed by atoms with Gasteiger partial charge in [0.05, 0.1) is 5.69 Å². The average molecular weight is 205 g/mol. The number of aromatic nitrogens is 1. The molecule has 2 heteroatoms. The lowest BCUT2D eigenvalue weighted by molar-refractivity contribution is 0.360. The fourth-order valence-corrected chi connectivity index (χ4v) is 1.79. The predicted molar refractivity (Wildman–Crippen MR) is 63.8 cm³/mol. The molecule has 0 saturated carbocycles. The highest BCUT2D eigenvalue weighted by atomic mass is 16.5. The molecule has 1 atom stereocenters. The molecule has 1 heterocycles. The first-order valence-electron chi connectivity index (χ1n) is 4.98. The lowest BCUT2D eigenvalue weighted by atomic mass is 9.93. The van der Waals surface area contributed by atoms with Crippen LogP contribution in [-0.2, 0) is 6.42 Å². The Bertz CT molecular complexity index is 387. The summed E-state index contributed by atoms with van der Waals surface area (Å²) in [7, 11) is 0. The Kier molecular flexibility index (Phi) is 3.51. The van der Waals surface area contributed by atoms with Gasteiger partial charge in [0.25, 0.3) is 0 Å². The molecule has 0 N–H and O–H groups in total. The van der Waals surface area contributed by atoms with E-state index in [1.54, 1.807) is 0 Å². The zero-order valence-corrected chi connectivity index (χ0v) is 8.71. The van der Waals surface area contributed by atoms with Crippen molar-refractivity contribution in [1.82, 2.24) is 5.16 Å². The molecule has 2 nitrogen and oxygen atoms in total. The van der Waals surface area contributed by atoms with E-state index in [4.69, 9.17) is 4.52 Å². The Morgan fingerprint density at radius 3 is 3.07 bits per heavy atom. The number of rotatable bonds is 2. The van der Waals surface area contributed by atoms with Crippen molar-refractivity contribution in [2.45, 2.75) is 40.0 Å². The maximum Gasteiger partial charge on any atom is 0.147 e. The fourth-order valence-electron chi connectivity index (χ4n) is 1.79. The van der Waals surface area contributed by atoms with Gasteiger partial charge in [0.1, 0.15) is 5.76 Å². The minimum atomic E-state index is 0. The van der Waals surface area contributed by atoms with Gasteiger partial charge in [-0.15, -0.1) is 0 Å². The van der Waals surface area contributed by atoms with Gasteiger partial charge in [0, 0.05) is 17.9 Å². The first kappa shape index (κ1) is 11.8. The molecule has 0 aliphatic heterocycles. The van der Waals surface area contributed by atoms with Crippen LogP contribution < -0.4 is 0 Å². The second kappa shape index (κ2) is 4.47. The number of fused-ring (bicyclic) bond motifs is 1. The Balaban J connectivity index is 0.00000112. The summed E-state index contributed by atoms with van der Waals surface area (Å²) < 4.78 is 5.36. The molecule has 0 bridgehead atoms. The van der Waals surface area contributed by atoms with Crippen molar-refractivity contribution in [3.8, 4) is 0 Å². The summed E-state index contributed by atoms with van der Waals surface area (Å²) in [5.41, 5.74) is 3.31. The molecule has 0 saturated heterocycles. The standard InChI is InChI=1S/C12H15NO.CH4/c1-8(2)7-11-10-6-4-5-9(3)12(10)14-13-11;/h4,6,9H,1,5,7H2,2-3H3;1H4. The maximum absolute atomic E-state index is 5.36. The zero-order valence-electron chi connectivity index (χ0n) is 8.71. The summed E-state index contributed by atoms with van der Waals surface area (Å²) in [6, 6.07) is 0. The van der Waals surface area contributed by atoms with E-state index in [1.807, 2.05) is 6.92 Å². The van der Waals surface area contributed by atoms with Crippen LogP contribution in [0.5, 0.6) is 0 Å². The summed E-state index contributed by atoms with van der Waals surface area (Å²) >= 11 is 0. The molecule has 1 unspecified atom stereocenters.